The Balaban J connectivity index is 1.87. The molecule has 0 spiro atoms. The minimum absolute atomic E-state index is 0.162. The molecule has 1 N–H and O–H groups in total. The van der Waals surface area contributed by atoms with Gasteiger partial charge in [-0.15, -0.1) is 0 Å². The minimum atomic E-state index is -3.67. The van der Waals surface area contributed by atoms with E-state index in [4.69, 9.17) is 0 Å². The van der Waals surface area contributed by atoms with Crippen molar-refractivity contribution in [1.82, 2.24) is 0 Å². The van der Waals surface area contributed by atoms with Gasteiger partial charge in [0.1, 0.15) is 0 Å². The Morgan fingerprint density at radius 1 is 0.690 bits per heavy atom. The zero-order chi connectivity index (χ0) is 19.8. The number of carbonyl (C=O) groups is 1. The van der Waals surface area contributed by atoms with Gasteiger partial charge in [-0.2, -0.15) is 0 Å². The van der Waals surface area contributed by atoms with Crippen LogP contribution in [0, 0.1) is 17.8 Å². The molecule has 1 fully saturated rings. The van der Waals surface area contributed by atoms with Gasteiger partial charge in [0.15, 0.2) is 0 Å². The summed E-state index contributed by atoms with van der Waals surface area (Å²) < 4.78 is 4.29. The Morgan fingerprint density at radius 2 is 1.10 bits per heavy atom. The third kappa shape index (κ3) is 2.88. The molecule has 2 aliphatic rings. The fraction of sp³-hybridized carbons (Fsp3) is 0.192. The van der Waals surface area contributed by atoms with Crippen LogP contribution < -0.4 is 10.7 Å². The van der Waals surface area contributed by atoms with Crippen molar-refractivity contribution in [2.24, 2.45) is 17.8 Å². The number of fused-ring (bicyclic) bond motifs is 2. The molecule has 0 unspecified atom stereocenters. The van der Waals surface area contributed by atoms with Gasteiger partial charge in [0.25, 0.3) is 0 Å². The van der Waals surface area contributed by atoms with Crippen LogP contribution in [0.5, 0.6) is 0 Å². The first-order chi connectivity index (χ1) is 14.2. The SMILES string of the molecule is O=C(O)[C@H]1[C@H]([Sn]([c]2ccccc2)([c]2ccccc2)[c]2ccccc2)[C@H]2C=C[C@@H]1C2. The summed E-state index contributed by atoms with van der Waals surface area (Å²) in [4.78, 5) is 12.5. The summed E-state index contributed by atoms with van der Waals surface area (Å²) in [6.45, 7) is 0. The summed E-state index contributed by atoms with van der Waals surface area (Å²) in [5.41, 5.74) is 0. The van der Waals surface area contributed by atoms with Gasteiger partial charge in [-0.05, 0) is 0 Å². The van der Waals surface area contributed by atoms with Gasteiger partial charge >= 0.3 is 176 Å². The van der Waals surface area contributed by atoms with Crippen LogP contribution in [0.1, 0.15) is 6.42 Å². The molecular weight excluding hydrogens is 463 g/mol. The van der Waals surface area contributed by atoms with E-state index >= 15 is 0 Å². The van der Waals surface area contributed by atoms with Gasteiger partial charge in [0, 0.05) is 0 Å². The molecule has 1 saturated carbocycles. The van der Waals surface area contributed by atoms with Gasteiger partial charge < -0.3 is 0 Å². The number of rotatable bonds is 5. The van der Waals surface area contributed by atoms with Crippen molar-refractivity contribution < 1.29 is 9.90 Å². The Bertz CT molecular complexity index is 933. The van der Waals surface area contributed by atoms with E-state index in [1.165, 1.54) is 10.7 Å². The third-order valence-corrected chi connectivity index (χ3v) is 22.7. The molecule has 0 amide bonds. The van der Waals surface area contributed by atoms with Crippen LogP contribution in [-0.4, -0.2) is 29.5 Å². The maximum absolute atomic E-state index is 12.5. The predicted octanol–water partition coefficient (Wildman–Crippen LogP) is 3.43. The van der Waals surface area contributed by atoms with Gasteiger partial charge in [-0.3, -0.25) is 0 Å². The summed E-state index contributed by atoms with van der Waals surface area (Å²) in [5, 5.41) is 10.3. The van der Waals surface area contributed by atoms with Crippen molar-refractivity contribution in [1.29, 1.82) is 0 Å². The predicted molar refractivity (Wildman–Crippen MR) is 120 cm³/mol. The normalized spacial score (nSPS) is 25.2. The topological polar surface area (TPSA) is 37.3 Å². The van der Waals surface area contributed by atoms with E-state index in [0.29, 0.717) is 5.92 Å². The molecule has 2 bridgehead atoms. The average Bonchev–Trinajstić information content (AvgIpc) is 3.39. The maximum atomic E-state index is 12.5. The second-order valence-corrected chi connectivity index (χ2v) is 19.7. The number of carboxylic acid groups (broad SMARTS) is 1. The molecule has 3 aromatic carbocycles. The molecule has 0 aromatic heterocycles. The van der Waals surface area contributed by atoms with Crippen LogP contribution in [0.25, 0.3) is 0 Å². The summed E-state index contributed by atoms with van der Waals surface area (Å²) in [5.74, 6) is -0.427. The molecule has 0 saturated heterocycles. The number of allylic oxidation sites excluding steroid dienone is 2. The number of aliphatic carboxylic acids is 1. The van der Waals surface area contributed by atoms with Crippen molar-refractivity contribution in [3.05, 3.63) is 103 Å². The van der Waals surface area contributed by atoms with Crippen LogP contribution in [0.2, 0.25) is 3.93 Å². The average molecular weight is 487 g/mol. The summed E-state index contributed by atoms with van der Waals surface area (Å²) in [6.07, 6.45) is 5.46. The van der Waals surface area contributed by atoms with E-state index < -0.39 is 24.3 Å². The van der Waals surface area contributed by atoms with Gasteiger partial charge in [0.05, 0.1) is 0 Å². The standard InChI is InChI=1S/C8H9O2.3C6H5.Sn/c9-8(10)7-4-5-1-2-6(7)3-5;3*1-2-4-6-5-3-1;/h1-2,4-7H,3H2,(H,9,10);3*1-5H;/t5-,6+,7-;;;;/m0..../s1. The molecule has 0 radical (unpaired) electrons. The van der Waals surface area contributed by atoms with Crippen molar-refractivity contribution in [2.45, 2.75) is 10.4 Å². The second kappa shape index (κ2) is 7.49. The van der Waals surface area contributed by atoms with E-state index in [2.05, 4.69) is 103 Å². The molecule has 0 aliphatic heterocycles. The zero-order valence-electron chi connectivity index (χ0n) is 16.2. The molecule has 3 heteroatoms. The van der Waals surface area contributed by atoms with Crippen LogP contribution in [0.3, 0.4) is 0 Å². The van der Waals surface area contributed by atoms with Crippen molar-refractivity contribution in [3.63, 3.8) is 0 Å². The first-order valence-corrected chi connectivity index (χ1v) is 16.2. The van der Waals surface area contributed by atoms with Crippen LogP contribution in [0.4, 0.5) is 0 Å². The van der Waals surface area contributed by atoms with Crippen LogP contribution in [-0.2, 0) is 4.79 Å². The van der Waals surface area contributed by atoms with E-state index in [1.54, 1.807) is 0 Å². The van der Waals surface area contributed by atoms with Crippen LogP contribution >= 0.6 is 0 Å². The fourth-order valence-corrected chi connectivity index (χ4v) is 23.4. The molecule has 144 valence electrons. The van der Waals surface area contributed by atoms with Crippen LogP contribution in [0.15, 0.2) is 103 Å². The van der Waals surface area contributed by atoms with Crippen molar-refractivity contribution in [2.75, 3.05) is 0 Å². The van der Waals surface area contributed by atoms with E-state index in [1.807, 2.05) is 0 Å². The van der Waals surface area contributed by atoms with Crippen molar-refractivity contribution >= 4 is 35.1 Å². The quantitative estimate of drug-likeness (QED) is 0.443. The molecule has 5 rings (SSSR count). The van der Waals surface area contributed by atoms with E-state index in [-0.39, 0.29) is 15.8 Å². The van der Waals surface area contributed by atoms with Gasteiger partial charge in [0.2, 0.25) is 0 Å². The van der Waals surface area contributed by atoms with Crippen molar-refractivity contribution in [3.8, 4) is 0 Å². The number of hydrogen-bond donors (Lipinski definition) is 1. The number of carboxylic acids is 1. The third-order valence-electron chi connectivity index (χ3n) is 6.93. The number of benzene rings is 3. The Kier molecular flexibility index (Phi) is 4.82. The van der Waals surface area contributed by atoms with Gasteiger partial charge in [-0.1, -0.05) is 0 Å². The monoisotopic (exact) mass is 488 g/mol. The molecular formula is C26H24O2Sn. The molecule has 4 atom stereocenters. The summed E-state index contributed by atoms with van der Waals surface area (Å²) >= 11 is -3.67. The molecule has 3 aromatic rings. The molecule has 29 heavy (non-hydrogen) atoms. The first-order valence-electron chi connectivity index (χ1n) is 10.3. The molecule has 2 nitrogen and oxygen atoms in total. The zero-order valence-corrected chi connectivity index (χ0v) is 19.0. The van der Waals surface area contributed by atoms with E-state index in [9.17, 15) is 9.90 Å². The first kappa shape index (κ1) is 18.7. The number of hydrogen-bond acceptors (Lipinski definition) is 1. The Labute approximate surface area is 175 Å². The van der Waals surface area contributed by atoms with E-state index in [0.717, 1.165) is 6.42 Å². The second-order valence-electron chi connectivity index (χ2n) is 8.24. The fourth-order valence-electron chi connectivity index (χ4n) is 5.93. The van der Waals surface area contributed by atoms with Gasteiger partial charge in [-0.25, -0.2) is 0 Å². The molecule has 0 heterocycles. The molecule has 2 aliphatic carbocycles. The Morgan fingerprint density at radius 3 is 1.52 bits per heavy atom. The summed E-state index contributed by atoms with van der Waals surface area (Å²) in [7, 11) is 0. The Hall–Kier alpha value is -2.33. The summed E-state index contributed by atoms with van der Waals surface area (Å²) in [6, 6.07) is 32.4.